The van der Waals surface area contributed by atoms with Crippen LogP contribution in [0.3, 0.4) is 0 Å². The number of anilines is 6. The molecule has 4 nitrogen and oxygen atoms in total. The molecule has 0 aliphatic carbocycles. The smallest absolute Gasteiger partial charge is 0.0621 e. The van der Waals surface area contributed by atoms with Gasteiger partial charge in [-0.3, -0.25) is 0 Å². The van der Waals surface area contributed by atoms with Gasteiger partial charge < -0.3 is 18.6 Å². The van der Waals surface area contributed by atoms with E-state index in [1.807, 2.05) is 0 Å². The largest absolute Gasteiger partial charge is 0.310 e. The van der Waals surface area contributed by atoms with E-state index in [9.17, 15) is 0 Å². The van der Waals surface area contributed by atoms with Gasteiger partial charge in [0.05, 0.1) is 44.5 Å². The van der Waals surface area contributed by atoms with Gasteiger partial charge in [0.25, 0.3) is 0 Å². The molecule has 74 heavy (non-hydrogen) atoms. The minimum absolute atomic E-state index is 0.0517. The van der Waals surface area contributed by atoms with Gasteiger partial charge in [0, 0.05) is 65.8 Å². The summed E-state index contributed by atoms with van der Waals surface area (Å²) in [5.74, 6) is 0. The first kappa shape index (κ1) is 46.0. The van der Waals surface area contributed by atoms with E-state index in [1.165, 1.54) is 110 Å². The van der Waals surface area contributed by atoms with Crippen LogP contribution in [-0.2, 0) is 21.7 Å². The second kappa shape index (κ2) is 15.8. The molecule has 4 heterocycles. The minimum atomic E-state index is 0.0517. The van der Waals surface area contributed by atoms with Crippen molar-refractivity contribution in [2.75, 3.05) is 9.80 Å². The number of benzene rings is 9. The molecule has 4 heteroatoms. The first-order chi connectivity index (χ1) is 35.3. The van der Waals surface area contributed by atoms with Crippen molar-refractivity contribution < 1.29 is 0 Å². The van der Waals surface area contributed by atoms with Gasteiger partial charge in [0.15, 0.2) is 0 Å². The van der Waals surface area contributed by atoms with E-state index in [0.717, 1.165) is 22.7 Å². The van der Waals surface area contributed by atoms with Crippen LogP contribution in [0.4, 0.5) is 34.1 Å². The number of fused-ring (bicyclic) bond motifs is 12. The van der Waals surface area contributed by atoms with Gasteiger partial charge in [0.1, 0.15) is 0 Å². The number of rotatable bonds is 6. The molecule has 9 aromatic carbocycles. The molecule has 4 aromatic heterocycles. The summed E-state index contributed by atoms with van der Waals surface area (Å²) in [7, 11) is 0. The van der Waals surface area contributed by atoms with Crippen molar-refractivity contribution in [1.82, 2.24) is 8.80 Å². The summed E-state index contributed by atoms with van der Waals surface area (Å²) < 4.78 is 5.11. The highest BCUT2D eigenvalue weighted by atomic mass is 15.2. The van der Waals surface area contributed by atoms with Gasteiger partial charge in [-0.15, -0.1) is 0 Å². The molecular formula is C70H66N4. The van der Waals surface area contributed by atoms with Crippen molar-refractivity contribution in [2.24, 2.45) is 0 Å². The summed E-state index contributed by atoms with van der Waals surface area (Å²) in [4.78, 5) is 4.94. The van der Waals surface area contributed by atoms with Crippen LogP contribution in [0.25, 0.3) is 76.2 Å². The summed E-state index contributed by atoms with van der Waals surface area (Å²) in [5.41, 5.74) is 19.8. The lowest BCUT2D eigenvalue weighted by atomic mass is 9.86. The lowest BCUT2D eigenvalue weighted by molar-refractivity contribution is 0.590. The predicted octanol–water partition coefficient (Wildman–Crippen LogP) is 20.1. The van der Waals surface area contributed by atoms with Crippen LogP contribution in [0.1, 0.15) is 105 Å². The molecule has 0 spiro atoms. The molecule has 0 bridgehead atoms. The maximum atomic E-state index is 2.56. The summed E-state index contributed by atoms with van der Waals surface area (Å²) in [6.45, 7) is 27.5. The van der Waals surface area contributed by atoms with E-state index in [-0.39, 0.29) is 21.7 Å². The van der Waals surface area contributed by atoms with Crippen LogP contribution in [0, 0.1) is 0 Å². The lowest BCUT2D eigenvalue weighted by Gasteiger charge is -2.28. The zero-order valence-corrected chi connectivity index (χ0v) is 45.1. The van der Waals surface area contributed by atoms with Crippen LogP contribution >= 0.6 is 0 Å². The Bertz CT molecular complexity index is 3890. The standard InChI is InChI=1S/C70H66N4/c1-67(2,3)43-25-33-47(34-26-43)71(48-35-27-44(28-36-48)68(4,5)6)57-21-15-23-59-63(57)53-19-13-17-51-55-42-62-56(41-61(55)73(59)65(51)53)52-18-14-20-54-64-58(22-16-24-60(64)74(62)66(52)54)72(49-37-29-45(30-38-49)69(7,8)9)50-39-31-46(32-40-50)70(10,11)12/h13-42H,1-12H3. The van der Waals surface area contributed by atoms with Crippen molar-refractivity contribution in [2.45, 2.75) is 105 Å². The van der Waals surface area contributed by atoms with Crippen LogP contribution in [0.5, 0.6) is 0 Å². The Morgan fingerprint density at radius 1 is 0.270 bits per heavy atom. The van der Waals surface area contributed by atoms with Crippen molar-refractivity contribution in [3.63, 3.8) is 0 Å². The fourth-order valence-corrected chi connectivity index (χ4v) is 12.2. The molecule has 0 saturated heterocycles. The van der Waals surface area contributed by atoms with E-state index in [1.54, 1.807) is 0 Å². The zero-order valence-electron chi connectivity index (χ0n) is 45.1. The van der Waals surface area contributed by atoms with Gasteiger partial charge in [0.2, 0.25) is 0 Å². The van der Waals surface area contributed by atoms with Gasteiger partial charge in [-0.1, -0.05) is 180 Å². The third kappa shape index (κ3) is 6.94. The maximum absolute atomic E-state index is 2.56. The Morgan fingerprint density at radius 3 is 0.824 bits per heavy atom. The third-order valence-electron chi connectivity index (χ3n) is 16.2. The first-order valence-electron chi connectivity index (χ1n) is 26.6. The van der Waals surface area contributed by atoms with Crippen LogP contribution in [0.15, 0.2) is 182 Å². The van der Waals surface area contributed by atoms with Gasteiger partial charge >= 0.3 is 0 Å². The average Bonchev–Trinajstić information content (AvgIpc) is 4.13. The van der Waals surface area contributed by atoms with Crippen LogP contribution < -0.4 is 9.80 Å². The highest BCUT2D eigenvalue weighted by Gasteiger charge is 2.28. The lowest BCUT2D eigenvalue weighted by Crippen LogP contribution is -2.14. The van der Waals surface area contributed by atoms with Gasteiger partial charge in [-0.25, -0.2) is 0 Å². The molecule has 0 aliphatic heterocycles. The Labute approximate surface area is 435 Å². The number of aromatic nitrogens is 2. The van der Waals surface area contributed by atoms with Crippen LogP contribution in [-0.4, -0.2) is 8.80 Å². The molecule has 0 unspecified atom stereocenters. The molecule has 0 radical (unpaired) electrons. The summed E-state index contributed by atoms with van der Waals surface area (Å²) in [6, 6.07) is 69.5. The third-order valence-corrected chi connectivity index (χ3v) is 16.2. The molecule has 0 atom stereocenters. The molecule has 0 fully saturated rings. The highest BCUT2D eigenvalue weighted by Crippen LogP contribution is 2.50. The zero-order chi connectivity index (χ0) is 51.4. The Balaban J connectivity index is 1.03. The Hall–Kier alpha value is -7.82. The Kier molecular flexibility index (Phi) is 9.85. The van der Waals surface area contributed by atoms with Crippen molar-refractivity contribution in [1.29, 1.82) is 0 Å². The van der Waals surface area contributed by atoms with Gasteiger partial charge in [-0.2, -0.15) is 0 Å². The topological polar surface area (TPSA) is 15.3 Å². The van der Waals surface area contributed by atoms with E-state index < -0.39 is 0 Å². The number of para-hydroxylation sites is 2. The van der Waals surface area contributed by atoms with E-state index in [0.29, 0.717) is 0 Å². The molecule has 0 amide bonds. The maximum Gasteiger partial charge on any atom is 0.0621 e. The second-order valence-electron chi connectivity index (χ2n) is 25.2. The number of hydrogen-bond donors (Lipinski definition) is 0. The quantitative estimate of drug-likeness (QED) is 0.165. The fourth-order valence-electron chi connectivity index (χ4n) is 12.2. The molecule has 0 aliphatic rings. The van der Waals surface area contributed by atoms with Crippen molar-refractivity contribution in [3.05, 3.63) is 204 Å². The first-order valence-corrected chi connectivity index (χ1v) is 26.6. The van der Waals surface area contributed by atoms with Crippen molar-refractivity contribution in [3.8, 4) is 0 Å². The van der Waals surface area contributed by atoms with Crippen molar-refractivity contribution >= 4 is 110 Å². The summed E-state index contributed by atoms with van der Waals surface area (Å²) >= 11 is 0. The molecule has 13 rings (SSSR count). The molecule has 0 saturated carbocycles. The number of nitrogens with zero attached hydrogens (tertiary/aromatic N) is 4. The predicted molar refractivity (Wildman–Crippen MR) is 320 cm³/mol. The monoisotopic (exact) mass is 963 g/mol. The molecule has 366 valence electrons. The van der Waals surface area contributed by atoms with Gasteiger partial charge in [-0.05, 0) is 129 Å². The summed E-state index contributed by atoms with van der Waals surface area (Å²) in [6.07, 6.45) is 0. The normalized spacial score (nSPS) is 13.1. The van der Waals surface area contributed by atoms with E-state index in [4.69, 9.17) is 0 Å². The van der Waals surface area contributed by atoms with Crippen LogP contribution in [0.2, 0.25) is 0 Å². The average molecular weight is 963 g/mol. The molecular weight excluding hydrogens is 897 g/mol. The van der Waals surface area contributed by atoms with E-state index in [2.05, 4.69) is 284 Å². The molecule has 0 N–H and O–H groups in total. The highest BCUT2D eigenvalue weighted by molar-refractivity contribution is 6.31. The Morgan fingerprint density at radius 2 is 0.541 bits per heavy atom. The fraction of sp³-hybridized carbons (Fsp3) is 0.229. The molecule has 13 aromatic rings. The number of hydrogen-bond acceptors (Lipinski definition) is 2. The SMILES string of the molecule is CC(C)(C)c1ccc(N(c2ccc(C(C)(C)C)cc2)c2cccc3c2c2cccc4c5cc6c(cc5n3c42)c2cccc3c4c(N(c5ccc(C(C)(C)C)cc5)c5ccc(C(C)(C)C)cc5)cccc4n6c23)cc1. The summed E-state index contributed by atoms with van der Waals surface area (Å²) in [5, 5.41) is 10.1. The minimum Gasteiger partial charge on any atom is -0.310 e. The van der Waals surface area contributed by atoms with E-state index >= 15 is 0 Å². The second-order valence-corrected chi connectivity index (χ2v) is 25.2.